The highest BCUT2D eigenvalue weighted by Crippen LogP contribution is 2.53. The summed E-state index contributed by atoms with van der Waals surface area (Å²) in [6.45, 7) is 4.83. The van der Waals surface area contributed by atoms with Crippen molar-refractivity contribution in [3.63, 3.8) is 0 Å². The largest absolute Gasteiger partial charge is 0.0654 e. The van der Waals surface area contributed by atoms with Gasteiger partial charge < -0.3 is 0 Å². The van der Waals surface area contributed by atoms with Crippen molar-refractivity contribution < 1.29 is 0 Å². The Balaban J connectivity index is 2.16. The Morgan fingerprint density at radius 2 is 1.00 bits per heavy atom. The molecule has 1 heteroatoms. The van der Waals surface area contributed by atoms with Crippen molar-refractivity contribution >= 4 is 8.07 Å². The van der Waals surface area contributed by atoms with E-state index in [2.05, 4.69) is 13.8 Å². The summed E-state index contributed by atoms with van der Waals surface area (Å²) in [7, 11) is -1.04. The summed E-state index contributed by atoms with van der Waals surface area (Å²) >= 11 is 0. The summed E-state index contributed by atoms with van der Waals surface area (Å²) < 4.78 is 0. The molecule has 21 heavy (non-hydrogen) atoms. The summed E-state index contributed by atoms with van der Waals surface area (Å²) in [5.74, 6) is 0. The first-order valence-electron chi connectivity index (χ1n) is 10.3. The minimum absolute atomic E-state index is 1.04. The average Bonchev–Trinajstić information content (AvgIpc) is 2.57. The van der Waals surface area contributed by atoms with Crippen molar-refractivity contribution in [1.82, 2.24) is 0 Å². The third kappa shape index (κ3) is 4.59. The van der Waals surface area contributed by atoms with Gasteiger partial charge in [0.1, 0.15) is 0 Å². The van der Waals surface area contributed by atoms with E-state index < -0.39 is 8.07 Å². The molecule has 124 valence electrons. The third-order valence-corrected chi connectivity index (χ3v) is 13.8. The minimum Gasteiger partial charge on any atom is -0.0654 e. The van der Waals surface area contributed by atoms with Crippen molar-refractivity contribution in [1.29, 1.82) is 0 Å². The Labute approximate surface area is 135 Å². The average molecular weight is 309 g/mol. The SMILES string of the molecule is CCCC[Si](CCCC)(C1CCCCC1)C1CCCCC1. The van der Waals surface area contributed by atoms with Crippen LogP contribution < -0.4 is 0 Å². The van der Waals surface area contributed by atoms with Crippen LogP contribution in [0.4, 0.5) is 0 Å². The molecular weight excluding hydrogens is 268 g/mol. The maximum atomic E-state index is 2.42. The molecule has 0 aromatic heterocycles. The monoisotopic (exact) mass is 308 g/mol. The molecule has 2 saturated carbocycles. The molecule has 0 spiro atoms. The van der Waals surface area contributed by atoms with Gasteiger partial charge in [0.15, 0.2) is 0 Å². The Hall–Kier alpha value is 0.217. The summed E-state index contributed by atoms with van der Waals surface area (Å²) in [6, 6.07) is 3.39. The molecular formula is C20H40Si. The van der Waals surface area contributed by atoms with Crippen LogP contribution in [-0.2, 0) is 0 Å². The standard InChI is InChI=1S/C20H40Si/c1-3-5-17-21(18-6-4-2,19-13-9-7-10-14-19)20-15-11-8-12-16-20/h19-20H,3-18H2,1-2H3. The van der Waals surface area contributed by atoms with Gasteiger partial charge in [-0.05, 0) is 11.1 Å². The van der Waals surface area contributed by atoms with Gasteiger partial charge in [-0.1, -0.05) is 116 Å². The normalized spacial score (nSPS) is 22.6. The lowest BCUT2D eigenvalue weighted by molar-refractivity contribution is 0.444. The minimum atomic E-state index is -1.04. The molecule has 0 bridgehead atoms. The van der Waals surface area contributed by atoms with Gasteiger partial charge in [0.25, 0.3) is 0 Å². The van der Waals surface area contributed by atoms with E-state index >= 15 is 0 Å². The molecule has 0 heterocycles. The topological polar surface area (TPSA) is 0 Å². The number of hydrogen-bond acceptors (Lipinski definition) is 0. The van der Waals surface area contributed by atoms with Crippen molar-refractivity contribution in [3.8, 4) is 0 Å². The quantitative estimate of drug-likeness (QED) is 0.403. The van der Waals surface area contributed by atoms with Crippen molar-refractivity contribution in [2.24, 2.45) is 0 Å². The molecule has 2 aliphatic carbocycles. The van der Waals surface area contributed by atoms with Gasteiger partial charge in [-0.15, -0.1) is 0 Å². The first-order chi connectivity index (χ1) is 10.3. The fraction of sp³-hybridized carbons (Fsp3) is 1.00. The molecule has 0 N–H and O–H groups in total. The van der Waals surface area contributed by atoms with Gasteiger partial charge in [0, 0.05) is 0 Å². The van der Waals surface area contributed by atoms with Gasteiger partial charge >= 0.3 is 0 Å². The van der Waals surface area contributed by atoms with Crippen LogP contribution in [0.2, 0.25) is 23.2 Å². The molecule has 0 amide bonds. The fourth-order valence-corrected chi connectivity index (χ4v) is 13.3. The second kappa shape index (κ2) is 9.38. The molecule has 0 saturated heterocycles. The predicted molar refractivity (Wildman–Crippen MR) is 98.9 cm³/mol. The first kappa shape index (κ1) is 17.6. The molecule has 2 aliphatic rings. The number of unbranched alkanes of at least 4 members (excludes halogenated alkanes) is 2. The molecule has 0 nitrogen and oxygen atoms in total. The van der Waals surface area contributed by atoms with Crippen molar-refractivity contribution in [2.45, 2.75) is 127 Å². The molecule has 2 rings (SSSR count). The van der Waals surface area contributed by atoms with E-state index in [-0.39, 0.29) is 0 Å². The van der Waals surface area contributed by atoms with Crippen LogP contribution in [0.25, 0.3) is 0 Å². The molecule has 0 radical (unpaired) electrons. The highest BCUT2D eigenvalue weighted by Gasteiger charge is 2.45. The highest BCUT2D eigenvalue weighted by molar-refractivity contribution is 6.82. The van der Waals surface area contributed by atoms with Gasteiger partial charge in [0.2, 0.25) is 0 Å². The van der Waals surface area contributed by atoms with Crippen molar-refractivity contribution in [3.05, 3.63) is 0 Å². The molecule has 0 aliphatic heterocycles. The molecule has 0 aromatic carbocycles. The van der Waals surface area contributed by atoms with Crippen LogP contribution in [0.1, 0.15) is 104 Å². The van der Waals surface area contributed by atoms with Crippen LogP contribution >= 0.6 is 0 Å². The molecule has 0 aromatic rings. The Kier molecular flexibility index (Phi) is 7.84. The summed E-state index contributed by atoms with van der Waals surface area (Å²) in [5.41, 5.74) is 2.43. The molecule has 0 atom stereocenters. The van der Waals surface area contributed by atoms with Crippen LogP contribution in [0.5, 0.6) is 0 Å². The maximum Gasteiger partial charge on any atom is 0.0598 e. The zero-order chi connectivity index (χ0) is 15.0. The Bertz CT molecular complexity index is 233. The van der Waals surface area contributed by atoms with E-state index in [1.54, 1.807) is 76.3 Å². The van der Waals surface area contributed by atoms with E-state index in [9.17, 15) is 0 Å². The first-order valence-corrected chi connectivity index (χ1v) is 12.9. The van der Waals surface area contributed by atoms with E-state index in [0.29, 0.717) is 0 Å². The van der Waals surface area contributed by atoms with Crippen LogP contribution in [-0.4, -0.2) is 8.07 Å². The second-order valence-electron chi connectivity index (χ2n) is 8.11. The second-order valence-corrected chi connectivity index (χ2v) is 13.2. The number of hydrogen-bond donors (Lipinski definition) is 0. The zero-order valence-corrected chi connectivity index (χ0v) is 16.0. The zero-order valence-electron chi connectivity index (χ0n) is 15.0. The van der Waals surface area contributed by atoms with E-state index in [4.69, 9.17) is 0 Å². The van der Waals surface area contributed by atoms with Crippen LogP contribution in [0.3, 0.4) is 0 Å². The smallest absolute Gasteiger partial charge is 0.0598 e. The van der Waals surface area contributed by atoms with E-state index in [1.807, 2.05) is 0 Å². The Morgan fingerprint density at radius 3 is 1.33 bits per heavy atom. The summed E-state index contributed by atoms with van der Waals surface area (Å²) in [6.07, 6.45) is 21.7. The number of rotatable bonds is 8. The van der Waals surface area contributed by atoms with E-state index in [0.717, 1.165) is 0 Å². The van der Waals surface area contributed by atoms with E-state index in [1.165, 1.54) is 36.8 Å². The maximum absolute atomic E-state index is 2.42. The summed E-state index contributed by atoms with van der Waals surface area (Å²) in [5, 5.41) is 0. The lowest BCUT2D eigenvalue weighted by Gasteiger charge is -2.48. The van der Waals surface area contributed by atoms with Gasteiger partial charge in [-0.3, -0.25) is 0 Å². The fourth-order valence-electron chi connectivity index (χ4n) is 5.64. The van der Waals surface area contributed by atoms with Gasteiger partial charge in [-0.2, -0.15) is 0 Å². The van der Waals surface area contributed by atoms with Crippen molar-refractivity contribution in [2.75, 3.05) is 0 Å². The highest BCUT2D eigenvalue weighted by atomic mass is 28.3. The summed E-state index contributed by atoms with van der Waals surface area (Å²) in [4.78, 5) is 0. The Morgan fingerprint density at radius 1 is 0.619 bits per heavy atom. The van der Waals surface area contributed by atoms with Crippen LogP contribution in [0.15, 0.2) is 0 Å². The molecule has 2 fully saturated rings. The predicted octanol–water partition coefficient (Wildman–Crippen LogP) is 7.70. The lowest BCUT2D eigenvalue weighted by atomic mass is 9.99. The molecule has 0 unspecified atom stereocenters. The third-order valence-electron chi connectivity index (χ3n) is 6.83. The van der Waals surface area contributed by atoms with Gasteiger partial charge in [0.05, 0.1) is 8.07 Å². The van der Waals surface area contributed by atoms with Gasteiger partial charge in [-0.25, -0.2) is 0 Å². The van der Waals surface area contributed by atoms with Crippen LogP contribution in [0, 0.1) is 0 Å². The lowest BCUT2D eigenvalue weighted by Crippen LogP contribution is -2.46.